The van der Waals surface area contributed by atoms with Crippen LogP contribution >= 0.6 is 0 Å². The van der Waals surface area contributed by atoms with Gasteiger partial charge in [-0.05, 0) is 42.3 Å². The summed E-state index contributed by atoms with van der Waals surface area (Å²) in [5, 5.41) is 11.8. The van der Waals surface area contributed by atoms with E-state index >= 15 is 0 Å². The Hall–Kier alpha value is -2.33. The van der Waals surface area contributed by atoms with E-state index < -0.39 is 0 Å². The molecule has 0 fully saturated rings. The molecule has 0 aliphatic carbocycles. The maximum absolute atomic E-state index is 12.1. The summed E-state index contributed by atoms with van der Waals surface area (Å²) in [5.41, 5.74) is 9.31. The van der Waals surface area contributed by atoms with Gasteiger partial charge in [-0.25, -0.2) is 0 Å². The summed E-state index contributed by atoms with van der Waals surface area (Å²) in [5.74, 6) is -0.196. The van der Waals surface area contributed by atoms with E-state index in [1.54, 1.807) is 36.4 Å². The third-order valence-electron chi connectivity index (χ3n) is 3.02. The molecule has 0 aromatic heterocycles. The fourth-order valence-electron chi connectivity index (χ4n) is 1.74. The van der Waals surface area contributed by atoms with Gasteiger partial charge in [0.25, 0.3) is 5.91 Å². The van der Waals surface area contributed by atoms with Crippen LogP contribution in [-0.2, 0) is 6.61 Å². The van der Waals surface area contributed by atoms with Gasteiger partial charge in [0.05, 0.1) is 6.61 Å². The van der Waals surface area contributed by atoms with Crippen LogP contribution in [0, 0.1) is 6.92 Å². The van der Waals surface area contributed by atoms with Crippen LogP contribution in [-0.4, -0.2) is 11.0 Å². The Kier molecular flexibility index (Phi) is 3.82. The molecule has 0 bridgehead atoms. The van der Waals surface area contributed by atoms with Gasteiger partial charge < -0.3 is 16.2 Å². The lowest BCUT2D eigenvalue weighted by molar-refractivity contribution is 0.102. The quantitative estimate of drug-likeness (QED) is 0.738. The normalized spacial score (nSPS) is 10.2. The Bertz CT molecular complexity index is 592. The number of nitrogens with two attached hydrogens (primary N) is 1. The summed E-state index contributed by atoms with van der Waals surface area (Å²) in [4.78, 5) is 12.1. The number of nitrogen functional groups attached to an aromatic ring is 1. The monoisotopic (exact) mass is 256 g/mol. The van der Waals surface area contributed by atoms with E-state index in [9.17, 15) is 4.79 Å². The summed E-state index contributed by atoms with van der Waals surface area (Å²) < 4.78 is 0. The summed E-state index contributed by atoms with van der Waals surface area (Å²) in [6, 6.07) is 12.2. The van der Waals surface area contributed by atoms with E-state index in [-0.39, 0.29) is 12.5 Å². The Morgan fingerprint density at radius 1 is 1.21 bits per heavy atom. The van der Waals surface area contributed by atoms with Crippen LogP contribution in [0.25, 0.3) is 0 Å². The maximum atomic E-state index is 12.1. The highest BCUT2D eigenvalue weighted by Crippen LogP contribution is 2.21. The minimum Gasteiger partial charge on any atom is -0.398 e. The van der Waals surface area contributed by atoms with Crippen molar-refractivity contribution in [3.05, 3.63) is 59.2 Å². The lowest BCUT2D eigenvalue weighted by atomic mass is 10.1. The molecule has 0 atom stereocenters. The standard InChI is InChI=1S/C15H16N2O2/c1-10-13(16)3-2-4-14(10)17-15(19)12-7-5-11(9-18)6-8-12/h2-8,18H,9,16H2,1H3,(H,17,19). The summed E-state index contributed by atoms with van der Waals surface area (Å²) >= 11 is 0. The van der Waals surface area contributed by atoms with Gasteiger partial charge in [-0.1, -0.05) is 18.2 Å². The lowest BCUT2D eigenvalue weighted by Gasteiger charge is -2.10. The van der Waals surface area contributed by atoms with E-state index in [4.69, 9.17) is 10.8 Å². The van der Waals surface area contributed by atoms with Crippen LogP contribution < -0.4 is 11.1 Å². The molecule has 4 nitrogen and oxygen atoms in total. The second-order valence-electron chi connectivity index (χ2n) is 4.33. The zero-order valence-corrected chi connectivity index (χ0v) is 10.7. The Morgan fingerprint density at radius 2 is 1.89 bits per heavy atom. The molecule has 0 radical (unpaired) electrons. The van der Waals surface area contributed by atoms with Crippen LogP contribution in [0.15, 0.2) is 42.5 Å². The van der Waals surface area contributed by atoms with Crippen molar-refractivity contribution in [3.8, 4) is 0 Å². The number of aliphatic hydroxyl groups is 1. The van der Waals surface area contributed by atoms with E-state index in [1.807, 2.05) is 13.0 Å². The fraction of sp³-hybridized carbons (Fsp3) is 0.133. The number of amides is 1. The molecule has 19 heavy (non-hydrogen) atoms. The van der Waals surface area contributed by atoms with Crippen molar-refractivity contribution < 1.29 is 9.90 Å². The minimum absolute atomic E-state index is 0.0315. The van der Waals surface area contributed by atoms with Gasteiger partial charge in [-0.2, -0.15) is 0 Å². The Balaban J connectivity index is 2.18. The molecule has 0 unspecified atom stereocenters. The number of hydrogen-bond donors (Lipinski definition) is 3. The largest absolute Gasteiger partial charge is 0.398 e. The number of benzene rings is 2. The molecule has 2 rings (SSSR count). The highest BCUT2D eigenvalue weighted by molar-refractivity contribution is 6.04. The van der Waals surface area contributed by atoms with Gasteiger partial charge in [0, 0.05) is 16.9 Å². The van der Waals surface area contributed by atoms with Gasteiger partial charge in [0.15, 0.2) is 0 Å². The van der Waals surface area contributed by atoms with Gasteiger partial charge in [-0.15, -0.1) is 0 Å². The predicted molar refractivity (Wildman–Crippen MR) is 75.9 cm³/mol. The number of carbonyl (C=O) groups excluding carboxylic acids is 1. The number of rotatable bonds is 3. The fourth-order valence-corrected chi connectivity index (χ4v) is 1.74. The van der Waals surface area contributed by atoms with Gasteiger partial charge in [0.1, 0.15) is 0 Å². The van der Waals surface area contributed by atoms with Crippen molar-refractivity contribution in [2.24, 2.45) is 0 Å². The van der Waals surface area contributed by atoms with Crippen molar-refractivity contribution in [2.45, 2.75) is 13.5 Å². The predicted octanol–water partition coefficient (Wildman–Crippen LogP) is 2.32. The van der Waals surface area contributed by atoms with Crippen molar-refractivity contribution in [2.75, 3.05) is 11.1 Å². The first-order chi connectivity index (χ1) is 9.11. The molecule has 0 spiro atoms. The number of carbonyl (C=O) groups is 1. The second-order valence-corrected chi connectivity index (χ2v) is 4.33. The van der Waals surface area contributed by atoms with Gasteiger partial charge in [0.2, 0.25) is 0 Å². The SMILES string of the molecule is Cc1c(N)cccc1NC(=O)c1ccc(CO)cc1. The number of hydrogen-bond acceptors (Lipinski definition) is 3. The van der Waals surface area contributed by atoms with E-state index in [0.29, 0.717) is 16.9 Å². The van der Waals surface area contributed by atoms with Crippen LogP contribution in [0.5, 0.6) is 0 Å². The lowest BCUT2D eigenvalue weighted by Crippen LogP contribution is -2.13. The molecule has 0 heterocycles. The first-order valence-electron chi connectivity index (χ1n) is 5.98. The van der Waals surface area contributed by atoms with E-state index in [2.05, 4.69) is 5.32 Å². The Morgan fingerprint density at radius 3 is 2.53 bits per heavy atom. The van der Waals surface area contributed by atoms with Gasteiger partial charge >= 0.3 is 0 Å². The molecule has 0 saturated heterocycles. The van der Waals surface area contributed by atoms with Crippen molar-refractivity contribution >= 4 is 17.3 Å². The summed E-state index contributed by atoms with van der Waals surface area (Å²) in [6.45, 7) is 1.83. The van der Waals surface area contributed by atoms with Crippen LogP contribution in [0.1, 0.15) is 21.5 Å². The third kappa shape index (κ3) is 2.92. The first kappa shape index (κ1) is 13.1. The number of anilines is 2. The molecule has 0 aliphatic heterocycles. The van der Waals surface area contributed by atoms with Crippen molar-refractivity contribution in [1.82, 2.24) is 0 Å². The molecule has 0 aliphatic rings. The molecular weight excluding hydrogens is 240 g/mol. The summed E-state index contributed by atoms with van der Waals surface area (Å²) in [7, 11) is 0. The molecule has 4 N–H and O–H groups in total. The highest BCUT2D eigenvalue weighted by Gasteiger charge is 2.08. The molecule has 0 saturated carbocycles. The molecular formula is C15H16N2O2. The summed E-state index contributed by atoms with van der Waals surface area (Å²) in [6.07, 6.45) is 0. The van der Waals surface area contributed by atoms with Crippen molar-refractivity contribution in [1.29, 1.82) is 0 Å². The van der Waals surface area contributed by atoms with Crippen LogP contribution in [0.4, 0.5) is 11.4 Å². The first-order valence-corrected chi connectivity index (χ1v) is 5.98. The Labute approximate surface area is 111 Å². The molecule has 98 valence electrons. The number of aliphatic hydroxyl groups excluding tert-OH is 1. The smallest absolute Gasteiger partial charge is 0.255 e. The third-order valence-corrected chi connectivity index (χ3v) is 3.02. The zero-order chi connectivity index (χ0) is 13.8. The van der Waals surface area contributed by atoms with Crippen LogP contribution in [0.3, 0.4) is 0 Å². The average Bonchev–Trinajstić information content (AvgIpc) is 2.44. The second kappa shape index (κ2) is 5.54. The topological polar surface area (TPSA) is 75.3 Å². The van der Waals surface area contributed by atoms with E-state index in [0.717, 1.165) is 11.1 Å². The highest BCUT2D eigenvalue weighted by atomic mass is 16.3. The van der Waals surface area contributed by atoms with Crippen molar-refractivity contribution in [3.63, 3.8) is 0 Å². The molecule has 2 aromatic carbocycles. The molecule has 4 heteroatoms. The zero-order valence-electron chi connectivity index (χ0n) is 10.7. The van der Waals surface area contributed by atoms with Gasteiger partial charge in [-0.3, -0.25) is 4.79 Å². The molecule has 2 aromatic rings. The van der Waals surface area contributed by atoms with Crippen LogP contribution in [0.2, 0.25) is 0 Å². The number of nitrogens with one attached hydrogen (secondary N) is 1. The molecule has 1 amide bonds. The minimum atomic E-state index is -0.196. The maximum Gasteiger partial charge on any atom is 0.255 e. The van der Waals surface area contributed by atoms with E-state index in [1.165, 1.54) is 0 Å². The average molecular weight is 256 g/mol.